The lowest BCUT2D eigenvalue weighted by Crippen LogP contribution is -2.48. The first-order valence-electron chi connectivity index (χ1n) is 16.4. The third-order valence-corrected chi connectivity index (χ3v) is 9.59. The Labute approximate surface area is 284 Å². The Hall–Kier alpha value is -4.12. The molecular formula is C35H40BN5O8. The number of piperazine rings is 1. The van der Waals surface area contributed by atoms with Gasteiger partial charge in [0, 0.05) is 55.4 Å². The first kappa shape index (κ1) is 33.4. The van der Waals surface area contributed by atoms with Crippen LogP contribution in [0.4, 0.5) is 11.4 Å². The van der Waals surface area contributed by atoms with Gasteiger partial charge in [0.2, 0.25) is 11.7 Å². The number of nitrogens with zero attached hydrogens (tertiary/aromatic N) is 4. The van der Waals surface area contributed by atoms with E-state index in [2.05, 4.69) is 21.8 Å². The fourth-order valence-electron chi connectivity index (χ4n) is 6.60. The number of aromatic nitrogens is 1. The van der Waals surface area contributed by atoms with Crippen LogP contribution in [-0.2, 0) is 18.8 Å². The van der Waals surface area contributed by atoms with Crippen molar-refractivity contribution in [3.8, 4) is 5.88 Å². The van der Waals surface area contributed by atoms with E-state index >= 15 is 0 Å². The number of anilines is 1. The molecule has 0 aliphatic carbocycles. The second-order valence-corrected chi connectivity index (χ2v) is 12.9. The van der Waals surface area contributed by atoms with Crippen LogP contribution in [0.15, 0.2) is 77.8 Å². The molecule has 1 aromatic heterocycles. The molecule has 5 N–H and O–H groups in total. The van der Waals surface area contributed by atoms with Gasteiger partial charge in [-0.25, -0.2) is 4.99 Å². The molecule has 3 aromatic carbocycles. The monoisotopic (exact) mass is 669 g/mol. The topological polar surface area (TPSA) is 164 Å². The van der Waals surface area contributed by atoms with Gasteiger partial charge in [0.15, 0.2) is 5.88 Å². The normalized spacial score (nSPS) is 25.1. The molecule has 256 valence electrons. The number of benzene rings is 3. The molecule has 4 aromatic rings. The number of aliphatic imine (C=N–C) groups is 1. The Morgan fingerprint density at radius 2 is 1.80 bits per heavy atom. The van der Waals surface area contributed by atoms with Gasteiger partial charge in [0.1, 0.15) is 18.3 Å². The van der Waals surface area contributed by atoms with Crippen molar-refractivity contribution in [1.82, 2.24) is 14.8 Å². The number of amides is 1. The smallest absolute Gasteiger partial charge is 0.494 e. The van der Waals surface area contributed by atoms with Crippen LogP contribution in [0.25, 0.3) is 10.9 Å². The van der Waals surface area contributed by atoms with Crippen molar-refractivity contribution in [2.24, 2.45) is 4.99 Å². The van der Waals surface area contributed by atoms with E-state index in [9.17, 15) is 25.2 Å². The van der Waals surface area contributed by atoms with Crippen LogP contribution in [0.1, 0.15) is 11.1 Å². The molecule has 4 heterocycles. The summed E-state index contributed by atoms with van der Waals surface area (Å²) in [5, 5.41) is 42.3. The Morgan fingerprint density at radius 3 is 2.49 bits per heavy atom. The van der Waals surface area contributed by atoms with E-state index in [0.29, 0.717) is 39.9 Å². The van der Waals surface area contributed by atoms with E-state index in [1.165, 1.54) is 0 Å². The van der Waals surface area contributed by atoms with E-state index < -0.39 is 37.8 Å². The van der Waals surface area contributed by atoms with E-state index in [1.807, 2.05) is 60.7 Å². The summed E-state index contributed by atoms with van der Waals surface area (Å²) in [6.07, 6.45) is -3.72. The molecule has 4 atom stereocenters. The highest BCUT2D eigenvalue weighted by Crippen LogP contribution is 2.37. The fourth-order valence-corrected chi connectivity index (χ4v) is 6.60. The number of fused-ring (bicyclic) bond motifs is 1. The lowest BCUT2D eigenvalue weighted by molar-refractivity contribution is -0.202. The highest BCUT2D eigenvalue weighted by atomic mass is 16.8. The minimum Gasteiger partial charge on any atom is -0.494 e. The average molecular weight is 670 g/mol. The van der Waals surface area contributed by atoms with Gasteiger partial charge in [0.25, 0.3) is 0 Å². The molecule has 13 nitrogen and oxygen atoms in total. The summed E-state index contributed by atoms with van der Waals surface area (Å²) < 4.78 is 17.5. The van der Waals surface area contributed by atoms with Gasteiger partial charge in [-0.05, 0) is 42.8 Å². The van der Waals surface area contributed by atoms with Crippen molar-refractivity contribution in [2.45, 2.75) is 24.1 Å². The minimum absolute atomic E-state index is 0.0244. The largest absolute Gasteiger partial charge is 0.496 e. The van der Waals surface area contributed by atoms with E-state index in [1.54, 1.807) is 24.1 Å². The van der Waals surface area contributed by atoms with E-state index in [4.69, 9.17) is 19.0 Å². The van der Waals surface area contributed by atoms with Crippen molar-refractivity contribution in [3.05, 3.63) is 83.9 Å². The van der Waals surface area contributed by atoms with Gasteiger partial charge >= 0.3 is 7.12 Å². The number of nitrogens with one attached hydrogen (secondary N) is 1. The first-order chi connectivity index (χ1) is 23.7. The van der Waals surface area contributed by atoms with Crippen LogP contribution >= 0.6 is 0 Å². The quantitative estimate of drug-likeness (QED) is 0.134. The molecule has 1 amide bonds. The maximum absolute atomic E-state index is 13.0. The number of H-pyrrole nitrogens is 1. The molecule has 0 saturated carbocycles. The molecule has 7 rings (SSSR count). The van der Waals surface area contributed by atoms with Gasteiger partial charge in [-0.15, -0.1) is 0 Å². The molecule has 49 heavy (non-hydrogen) atoms. The summed E-state index contributed by atoms with van der Waals surface area (Å²) in [7, 11) is 2.95. The standard InChI is InChI=1S/C35H40BN5O8/c1-39-14-16-41(17-15-39)19-29(43)40(2)25-11-9-24(10-12-25)37-31(22-6-4-3-5-7-22)30-26-13-8-23(18-27(26)38-34(30)46)36-47-21-35(49-36)33(45)32(44)28(20-42)48-35/h3-13,18,28,32-33,38,42,44-46H,14-17,19-21H2,1-2H3/t28-,32-,33+,35-/m1/s1. The zero-order valence-corrected chi connectivity index (χ0v) is 27.4. The van der Waals surface area contributed by atoms with E-state index in [0.717, 1.165) is 37.4 Å². The van der Waals surface area contributed by atoms with Crippen LogP contribution in [0.2, 0.25) is 0 Å². The molecule has 0 bridgehead atoms. The second kappa shape index (κ2) is 13.7. The van der Waals surface area contributed by atoms with Gasteiger partial charge in [0.05, 0.1) is 36.7 Å². The number of rotatable bonds is 8. The lowest BCUT2D eigenvalue weighted by atomic mass is 9.79. The van der Waals surface area contributed by atoms with Gasteiger partial charge in [-0.1, -0.05) is 42.5 Å². The number of aliphatic hydroxyl groups excluding tert-OH is 3. The average Bonchev–Trinajstić information content (AvgIpc) is 3.77. The maximum atomic E-state index is 13.0. The zero-order valence-electron chi connectivity index (χ0n) is 27.4. The third kappa shape index (κ3) is 6.49. The second-order valence-electron chi connectivity index (χ2n) is 12.9. The summed E-state index contributed by atoms with van der Waals surface area (Å²) in [6.45, 7) is 3.38. The SMILES string of the molecule is CN1CCN(CC(=O)N(C)c2ccc(N=C(c3ccccc3)c3c(O)[nH]c4cc(B5OC[C@]6(O5)O[C@H](CO)[C@@H](O)[C@@H]6O)ccc34)cc2)CC1. The number of ether oxygens (including phenoxy) is 1. The van der Waals surface area contributed by atoms with Crippen molar-refractivity contribution in [2.75, 3.05) is 64.9 Å². The number of carbonyl (C=O) groups excluding carboxylic acids is 1. The van der Waals surface area contributed by atoms with Gasteiger partial charge in [-0.3, -0.25) is 9.69 Å². The number of likely N-dealkylation sites (N-methyl/N-ethyl adjacent to an activating group) is 2. The Morgan fingerprint density at radius 1 is 1.06 bits per heavy atom. The van der Waals surface area contributed by atoms with Crippen LogP contribution in [0.3, 0.4) is 0 Å². The molecule has 0 radical (unpaired) electrons. The lowest BCUT2D eigenvalue weighted by Gasteiger charge is -2.32. The first-order valence-corrected chi connectivity index (χ1v) is 16.4. The number of hydrogen-bond acceptors (Lipinski definition) is 11. The number of aliphatic hydroxyl groups is 3. The molecule has 3 saturated heterocycles. The van der Waals surface area contributed by atoms with Crippen molar-refractivity contribution >= 4 is 46.5 Å². The Balaban J connectivity index is 1.14. The highest BCUT2D eigenvalue weighted by Gasteiger charge is 2.60. The van der Waals surface area contributed by atoms with Crippen LogP contribution in [0.5, 0.6) is 5.88 Å². The Bertz CT molecular complexity index is 1830. The predicted molar refractivity (Wildman–Crippen MR) is 185 cm³/mol. The number of carbonyl (C=O) groups is 1. The number of aromatic hydroxyl groups is 1. The van der Waals surface area contributed by atoms with Crippen LogP contribution in [-0.4, -0.2) is 138 Å². The molecule has 3 aliphatic heterocycles. The summed E-state index contributed by atoms with van der Waals surface area (Å²) in [5.41, 5.74) is 4.43. The third-order valence-electron chi connectivity index (χ3n) is 9.59. The molecule has 0 unspecified atom stereocenters. The molecule has 3 fully saturated rings. The zero-order chi connectivity index (χ0) is 34.3. The summed E-state index contributed by atoms with van der Waals surface area (Å²) >= 11 is 0. The van der Waals surface area contributed by atoms with Crippen molar-refractivity contribution < 1.29 is 39.3 Å². The van der Waals surface area contributed by atoms with E-state index in [-0.39, 0.29) is 18.4 Å². The molecule has 1 spiro atoms. The predicted octanol–water partition coefficient (Wildman–Crippen LogP) is 0.804. The summed E-state index contributed by atoms with van der Waals surface area (Å²) in [5.74, 6) is -1.66. The molecular weight excluding hydrogens is 629 g/mol. The summed E-state index contributed by atoms with van der Waals surface area (Å²) in [6, 6.07) is 22.4. The van der Waals surface area contributed by atoms with Crippen molar-refractivity contribution in [3.63, 3.8) is 0 Å². The maximum Gasteiger partial charge on any atom is 0.496 e. The number of aromatic amines is 1. The number of hydrogen-bond donors (Lipinski definition) is 5. The molecule has 3 aliphatic rings. The highest BCUT2D eigenvalue weighted by molar-refractivity contribution is 6.62. The molecule has 14 heteroatoms. The summed E-state index contributed by atoms with van der Waals surface area (Å²) in [4.78, 5) is 27.2. The van der Waals surface area contributed by atoms with Gasteiger partial charge < -0.3 is 49.3 Å². The fraction of sp³-hybridized carbons (Fsp3) is 0.371. The Kier molecular flexibility index (Phi) is 9.30. The van der Waals surface area contributed by atoms with Gasteiger partial charge in [-0.2, -0.15) is 0 Å². The van der Waals surface area contributed by atoms with Crippen molar-refractivity contribution in [1.29, 1.82) is 0 Å². The van der Waals surface area contributed by atoms with Crippen LogP contribution < -0.4 is 10.4 Å². The minimum atomic E-state index is -1.61. The van der Waals surface area contributed by atoms with Crippen LogP contribution in [0, 0.1) is 0 Å².